The summed E-state index contributed by atoms with van der Waals surface area (Å²) in [7, 11) is 0. The molecule has 1 rings (SSSR count). The van der Waals surface area contributed by atoms with Gasteiger partial charge in [0.1, 0.15) is 0 Å². The lowest BCUT2D eigenvalue weighted by atomic mass is 9.83. The second kappa shape index (κ2) is 8.06. The van der Waals surface area contributed by atoms with Gasteiger partial charge in [-0.25, -0.2) is 0 Å². The highest BCUT2D eigenvalue weighted by atomic mass is 16.7. The molecule has 1 saturated heterocycles. The van der Waals surface area contributed by atoms with E-state index in [0.29, 0.717) is 0 Å². The summed E-state index contributed by atoms with van der Waals surface area (Å²) in [6, 6.07) is 0. The van der Waals surface area contributed by atoms with Crippen LogP contribution in [0.5, 0.6) is 0 Å². The standard InChI is InChI=1S/C14H29NO2/c1-3-14(2,9-5-6-10-15)12-17-13-8-4-7-11-16-13/h13H,3-12,15H2,1-2H3. The highest BCUT2D eigenvalue weighted by Gasteiger charge is 2.24. The molecular formula is C14H29NO2. The molecule has 1 aliphatic heterocycles. The first-order chi connectivity index (χ1) is 8.20. The molecule has 17 heavy (non-hydrogen) atoms. The van der Waals surface area contributed by atoms with Crippen LogP contribution in [0.4, 0.5) is 0 Å². The van der Waals surface area contributed by atoms with E-state index < -0.39 is 0 Å². The van der Waals surface area contributed by atoms with Crippen LogP contribution >= 0.6 is 0 Å². The Kier molecular flexibility index (Phi) is 7.09. The third-order valence-electron chi connectivity index (χ3n) is 3.84. The molecule has 2 atom stereocenters. The van der Waals surface area contributed by atoms with Gasteiger partial charge in [0.05, 0.1) is 6.61 Å². The first-order valence-corrected chi connectivity index (χ1v) is 7.13. The van der Waals surface area contributed by atoms with Gasteiger partial charge in [-0.3, -0.25) is 0 Å². The molecule has 0 saturated carbocycles. The van der Waals surface area contributed by atoms with Gasteiger partial charge < -0.3 is 15.2 Å². The van der Waals surface area contributed by atoms with E-state index >= 15 is 0 Å². The lowest BCUT2D eigenvalue weighted by Gasteiger charge is -2.31. The summed E-state index contributed by atoms with van der Waals surface area (Å²) in [6.45, 7) is 7.03. The third kappa shape index (κ3) is 5.84. The Balaban J connectivity index is 2.23. The molecule has 1 heterocycles. The minimum Gasteiger partial charge on any atom is -0.353 e. The van der Waals surface area contributed by atoms with Gasteiger partial charge in [0.15, 0.2) is 6.29 Å². The van der Waals surface area contributed by atoms with Crippen molar-refractivity contribution in [1.82, 2.24) is 0 Å². The van der Waals surface area contributed by atoms with Crippen molar-refractivity contribution >= 4 is 0 Å². The summed E-state index contributed by atoms with van der Waals surface area (Å²) in [5.41, 5.74) is 5.83. The minimum absolute atomic E-state index is 0.0455. The number of hydrogen-bond acceptors (Lipinski definition) is 3. The Labute approximate surface area is 106 Å². The molecule has 0 aromatic carbocycles. The maximum atomic E-state index is 5.92. The molecule has 102 valence electrons. The predicted molar refractivity (Wildman–Crippen MR) is 70.8 cm³/mol. The van der Waals surface area contributed by atoms with E-state index in [1.165, 1.54) is 25.7 Å². The van der Waals surface area contributed by atoms with Gasteiger partial charge in [-0.2, -0.15) is 0 Å². The van der Waals surface area contributed by atoms with Gasteiger partial charge >= 0.3 is 0 Å². The third-order valence-corrected chi connectivity index (χ3v) is 3.84. The summed E-state index contributed by atoms with van der Waals surface area (Å²) in [6.07, 6.45) is 8.21. The number of hydrogen-bond donors (Lipinski definition) is 1. The van der Waals surface area contributed by atoms with Crippen LogP contribution in [0.15, 0.2) is 0 Å². The Bertz CT molecular complexity index is 193. The summed E-state index contributed by atoms with van der Waals surface area (Å²) < 4.78 is 11.5. The van der Waals surface area contributed by atoms with E-state index in [1.54, 1.807) is 0 Å². The Morgan fingerprint density at radius 3 is 2.76 bits per heavy atom. The molecule has 0 radical (unpaired) electrons. The average Bonchev–Trinajstić information content (AvgIpc) is 2.38. The summed E-state index contributed by atoms with van der Waals surface area (Å²) >= 11 is 0. The van der Waals surface area contributed by atoms with Crippen molar-refractivity contribution in [1.29, 1.82) is 0 Å². The number of unbranched alkanes of at least 4 members (excludes halogenated alkanes) is 1. The highest BCUT2D eigenvalue weighted by molar-refractivity contribution is 4.73. The van der Waals surface area contributed by atoms with Crippen LogP contribution in [0.1, 0.15) is 58.8 Å². The highest BCUT2D eigenvalue weighted by Crippen LogP contribution is 2.29. The smallest absolute Gasteiger partial charge is 0.157 e. The van der Waals surface area contributed by atoms with E-state index in [1.807, 2.05) is 0 Å². The van der Waals surface area contributed by atoms with Crippen LogP contribution < -0.4 is 5.73 Å². The van der Waals surface area contributed by atoms with E-state index in [-0.39, 0.29) is 11.7 Å². The van der Waals surface area contributed by atoms with Crippen LogP contribution in [0, 0.1) is 5.41 Å². The van der Waals surface area contributed by atoms with Crippen molar-refractivity contribution in [2.75, 3.05) is 19.8 Å². The molecule has 3 nitrogen and oxygen atoms in total. The Hall–Kier alpha value is -0.120. The maximum Gasteiger partial charge on any atom is 0.157 e. The normalized spacial score (nSPS) is 24.5. The molecule has 2 N–H and O–H groups in total. The van der Waals surface area contributed by atoms with Gasteiger partial charge in [-0.05, 0) is 50.5 Å². The molecule has 0 bridgehead atoms. The number of ether oxygens (including phenoxy) is 2. The van der Waals surface area contributed by atoms with Gasteiger partial charge in [0, 0.05) is 6.61 Å². The van der Waals surface area contributed by atoms with Crippen LogP contribution in [-0.2, 0) is 9.47 Å². The van der Waals surface area contributed by atoms with Crippen molar-refractivity contribution in [2.24, 2.45) is 11.1 Å². The van der Waals surface area contributed by atoms with Gasteiger partial charge in [-0.15, -0.1) is 0 Å². The number of rotatable bonds is 8. The fourth-order valence-corrected chi connectivity index (χ4v) is 2.18. The molecule has 1 aliphatic rings. The van der Waals surface area contributed by atoms with Gasteiger partial charge in [-0.1, -0.05) is 20.3 Å². The maximum absolute atomic E-state index is 5.92. The second-order valence-electron chi connectivity index (χ2n) is 5.52. The molecule has 0 aromatic heterocycles. The molecule has 2 unspecified atom stereocenters. The van der Waals surface area contributed by atoms with Crippen LogP contribution in [0.25, 0.3) is 0 Å². The van der Waals surface area contributed by atoms with E-state index in [4.69, 9.17) is 15.2 Å². The van der Waals surface area contributed by atoms with E-state index in [9.17, 15) is 0 Å². The first-order valence-electron chi connectivity index (χ1n) is 7.13. The average molecular weight is 243 g/mol. The van der Waals surface area contributed by atoms with Crippen LogP contribution in [0.2, 0.25) is 0 Å². The van der Waals surface area contributed by atoms with Crippen molar-refractivity contribution < 1.29 is 9.47 Å². The fourth-order valence-electron chi connectivity index (χ4n) is 2.18. The largest absolute Gasteiger partial charge is 0.353 e. The zero-order valence-corrected chi connectivity index (χ0v) is 11.5. The molecule has 0 aromatic rings. The van der Waals surface area contributed by atoms with Gasteiger partial charge in [0.25, 0.3) is 0 Å². The number of nitrogens with two attached hydrogens (primary N) is 1. The lowest BCUT2D eigenvalue weighted by Crippen LogP contribution is -2.30. The molecule has 0 amide bonds. The first kappa shape index (κ1) is 14.9. The summed E-state index contributed by atoms with van der Waals surface area (Å²) in [5.74, 6) is 0. The van der Waals surface area contributed by atoms with Crippen molar-refractivity contribution in [3.63, 3.8) is 0 Å². The zero-order chi connectivity index (χ0) is 12.6. The molecule has 0 spiro atoms. The summed E-state index contributed by atoms with van der Waals surface area (Å²) in [4.78, 5) is 0. The monoisotopic (exact) mass is 243 g/mol. The molecule has 0 aliphatic carbocycles. The zero-order valence-electron chi connectivity index (χ0n) is 11.5. The lowest BCUT2D eigenvalue weighted by molar-refractivity contribution is -0.178. The fraction of sp³-hybridized carbons (Fsp3) is 1.00. The van der Waals surface area contributed by atoms with E-state index in [2.05, 4.69) is 13.8 Å². The van der Waals surface area contributed by atoms with Gasteiger partial charge in [0.2, 0.25) is 0 Å². The van der Waals surface area contributed by atoms with Crippen molar-refractivity contribution in [3.8, 4) is 0 Å². The molecule has 1 fully saturated rings. The SMILES string of the molecule is CCC(C)(CCCCN)COC1CCCCO1. The predicted octanol–water partition coefficient (Wildman–Crippen LogP) is 3.07. The summed E-state index contributed by atoms with van der Waals surface area (Å²) in [5, 5.41) is 0. The minimum atomic E-state index is 0.0455. The topological polar surface area (TPSA) is 44.5 Å². The van der Waals surface area contributed by atoms with Crippen molar-refractivity contribution in [2.45, 2.75) is 65.1 Å². The molecular weight excluding hydrogens is 214 g/mol. The Morgan fingerprint density at radius 1 is 1.35 bits per heavy atom. The van der Waals surface area contributed by atoms with Crippen LogP contribution in [0.3, 0.4) is 0 Å². The van der Waals surface area contributed by atoms with Crippen molar-refractivity contribution in [3.05, 3.63) is 0 Å². The molecule has 3 heteroatoms. The van der Waals surface area contributed by atoms with E-state index in [0.717, 1.165) is 39.0 Å². The van der Waals surface area contributed by atoms with Crippen LogP contribution in [-0.4, -0.2) is 26.0 Å². The quantitative estimate of drug-likeness (QED) is 0.666. The second-order valence-corrected chi connectivity index (χ2v) is 5.52. The Morgan fingerprint density at radius 2 is 2.18 bits per heavy atom.